The van der Waals surface area contributed by atoms with Crippen molar-refractivity contribution in [2.45, 2.75) is 32.5 Å². The largest absolute Gasteiger partial charge is 0.352 e. The quantitative estimate of drug-likeness (QED) is 0.685. The van der Waals surface area contributed by atoms with Crippen LogP contribution in [0.15, 0.2) is 78.9 Å². The zero-order valence-electron chi connectivity index (χ0n) is 16.5. The lowest BCUT2D eigenvalue weighted by molar-refractivity contribution is -0.122. The summed E-state index contributed by atoms with van der Waals surface area (Å²) in [5.74, 6) is -0.0785. The van der Waals surface area contributed by atoms with Gasteiger partial charge < -0.3 is 10.2 Å². The highest BCUT2D eigenvalue weighted by Gasteiger charge is 2.34. The maximum atomic E-state index is 13.0. The lowest BCUT2D eigenvalue weighted by Gasteiger charge is -2.28. The predicted molar refractivity (Wildman–Crippen MR) is 113 cm³/mol. The van der Waals surface area contributed by atoms with Crippen LogP contribution in [0, 0.1) is 6.92 Å². The molecule has 0 radical (unpaired) electrons. The fourth-order valence-electron chi connectivity index (χ4n) is 3.77. The summed E-state index contributed by atoms with van der Waals surface area (Å²) in [6.07, 6.45) is 0.232. The topological polar surface area (TPSA) is 49.4 Å². The lowest BCUT2D eigenvalue weighted by Crippen LogP contribution is -2.34. The first-order chi connectivity index (χ1) is 14.1. The van der Waals surface area contributed by atoms with Crippen molar-refractivity contribution >= 4 is 11.8 Å². The maximum Gasteiger partial charge on any atom is 0.255 e. The molecule has 0 spiro atoms. The van der Waals surface area contributed by atoms with Crippen LogP contribution in [-0.2, 0) is 17.9 Å². The molecule has 4 heteroatoms. The Morgan fingerprint density at radius 3 is 2.38 bits per heavy atom. The van der Waals surface area contributed by atoms with E-state index in [1.807, 2.05) is 90.7 Å². The van der Waals surface area contributed by atoms with Gasteiger partial charge in [-0.05, 0) is 29.7 Å². The molecule has 3 aromatic carbocycles. The monoisotopic (exact) mass is 384 g/mol. The molecule has 3 aromatic rings. The van der Waals surface area contributed by atoms with E-state index in [-0.39, 0.29) is 24.3 Å². The van der Waals surface area contributed by atoms with Crippen LogP contribution in [-0.4, -0.2) is 16.7 Å². The molecule has 1 heterocycles. The predicted octanol–water partition coefficient (Wildman–Crippen LogP) is 4.40. The van der Waals surface area contributed by atoms with Gasteiger partial charge in [-0.1, -0.05) is 78.4 Å². The molecule has 1 aliphatic heterocycles. The minimum absolute atomic E-state index is 0.0120. The van der Waals surface area contributed by atoms with Gasteiger partial charge >= 0.3 is 0 Å². The van der Waals surface area contributed by atoms with Crippen molar-refractivity contribution in [1.82, 2.24) is 10.2 Å². The molecule has 146 valence electrons. The Hall–Kier alpha value is -3.40. The summed E-state index contributed by atoms with van der Waals surface area (Å²) >= 11 is 0. The number of carbonyl (C=O) groups excluding carboxylic acids is 2. The van der Waals surface area contributed by atoms with Crippen molar-refractivity contribution in [3.63, 3.8) is 0 Å². The van der Waals surface area contributed by atoms with Gasteiger partial charge in [0.05, 0.1) is 12.5 Å². The summed E-state index contributed by atoms with van der Waals surface area (Å²) in [5, 5.41) is 2.99. The van der Waals surface area contributed by atoms with E-state index in [2.05, 4.69) is 5.32 Å². The molecule has 0 fully saturated rings. The van der Waals surface area contributed by atoms with Gasteiger partial charge in [-0.25, -0.2) is 0 Å². The fourth-order valence-corrected chi connectivity index (χ4v) is 3.77. The van der Waals surface area contributed by atoms with Gasteiger partial charge in [0.1, 0.15) is 0 Å². The van der Waals surface area contributed by atoms with E-state index in [9.17, 15) is 9.59 Å². The van der Waals surface area contributed by atoms with Gasteiger partial charge in [0.2, 0.25) is 5.91 Å². The highest BCUT2D eigenvalue weighted by molar-refractivity contribution is 5.98. The minimum Gasteiger partial charge on any atom is -0.352 e. The van der Waals surface area contributed by atoms with E-state index in [4.69, 9.17) is 0 Å². The number of carbonyl (C=O) groups is 2. The zero-order chi connectivity index (χ0) is 20.2. The molecule has 1 N–H and O–H groups in total. The van der Waals surface area contributed by atoms with Gasteiger partial charge in [-0.15, -0.1) is 0 Å². The van der Waals surface area contributed by atoms with E-state index in [1.54, 1.807) is 0 Å². The summed E-state index contributed by atoms with van der Waals surface area (Å²) in [7, 11) is 0. The SMILES string of the molecule is Cc1ccc(C(CC(=O)NCc2ccccc2)N2Cc3ccccc3C2=O)cc1. The normalized spacial score (nSPS) is 13.8. The number of aryl methyl sites for hydroxylation is 1. The first kappa shape index (κ1) is 18.9. The van der Waals surface area contributed by atoms with Crippen LogP contribution >= 0.6 is 0 Å². The van der Waals surface area contributed by atoms with E-state index in [0.29, 0.717) is 13.1 Å². The van der Waals surface area contributed by atoms with Crippen LogP contribution in [0.4, 0.5) is 0 Å². The van der Waals surface area contributed by atoms with Crippen LogP contribution in [0.2, 0.25) is 0 Å². The zero-order valence-corrected chi connectivity index (χ0v) is 16.5. The molecular weight excluding hydrogens is 360 g/mol. The van der Waals surface area contributed by atoms with Crippen LogP contribution in [0.3, 0.4) is 0 Å². The first-order valence-corrected chi connectivity index (χ1v) is 9.88. The average Bonchev–Trinajstić information content (AvgIpc) is 3.08. The third-order valence-electron chi connectivity index (χ3n) is 5.40. The van der Waals surface area contributed by atoms with Crippen LogP contribution < -0.4 is 5.32 Å². The Kier molecular flexibility index (Phi) is 5.43. The maximum absolute atomic E-state index is 13.0. The molecule has 0 bridgehead atoms. The van der Waals surface area contributed by atoms with E-state index >= 15 is 0 Å². The average molecular weight is 384 g/mol. The highest BCUT2D eigenvalue weighted by Crippen LogP contribution is 2.33. The highest BCUT2D eigenvalue weighted by atomic mass is 16.2. The molecule has 0 saturated carbocycles. The molecule has 0 aromatic heterocycles. The van der Waals surface area contributed by atoms with Crippen molar-refractivity contribution in [1.29, 1.82) is 0 Å². The Morgan fingerprint density at radius 1 is 0.966 bits per heavy atom. The first-order valence-electron chi connectivity index (χ1n) is 9.88. The number of benzene rings is 3. The molecule has 4 rings (SSSR count). The molecule has 1 atom stereocenters. The van der Waals surface area contributed by atoms with E-state index in [0.717, 1.165) is 27.8 Å². The number of rotatable bonds is 6. The number of nitrogens with one attached hydrogen (secondary N) is 1. The van der Waals surface area contributed by atoms with Crippen molar-refractivity contribution in [3.05, 3.63) is 107 Å². The number of amides is 2. The molecule has 0 aliphatic carbocycles. The second kappa shape index (κ2) is 8.31. The number of hydrogen-bond donors (Lipinski definition) is 1. The van der Waals surface area contributed by atoms with Gasteiger partial charge in [-0.3, -0.25) is 9.59 Å². The Labute approximate surface area is 171 Å². The second-order valence-electron chi connectivity index (χ2n) is 7.48. The fraction of sp³-hybridized carbons (Fsp3) is 0.200. The van der Waals surface area contributed by atoms with Crippen LogP contribution in [0.1, 0.15) is 45.1 Å². The summed E-state index contributed by atoms with van der Waals surface area (Å²) in [6, 6.07) is 25.3. The third kappa shape index (κ3) is 4.21. The molecule has 1 unspecified atom stereocenters. The third-order valence-corrected chi connectivity index (χ3v) is 5.40. The smallest absolute Gasteiger partial charge is 0.255 e. The van der Waals surface area contributed by atoms with Gasteiger partial charge in [0.15, 0.2) is 0 Å². The molecule has 1 aliphatic rings. The van der Waals surface area contributed by atoms with Gasteiger partial charge in [0.25, 0.3) is 5.91 Å². The van der Waals surface area contributed by atoms with Gasteiger partial charge in [-0.2, -0.15) is 0 Å². The van der Waals surface area contributed by atoms with Crippen molar-refractivity contribution in [2.24, 2.45) is 0 Å². The summed E-state index contributed by atoms with van der Waals surface area (Å²) < 4.78 is 0. The number of fused-ring (bicyclic) bond motifs is 1. The van der Waals surface area contributed by atoms with E-state index in [1.165, 1.54) is 0 Å². The van der Waals surface area contributed by atoms with Crippen molar-refractivity contribution in [3.8, 4) is 0 Å². The van der Waals surface area contributed by atoms with Crippen LogP contribution in [0.25, 0.3) is 0 Å². The number of hydrogen-bond acceptors (Lipinski definition) is 2. The minimum atomic E-state index is -0.300. The van der Waals surface area contributed by atoms with Crippen molar-refractivity contribution < 1.29 is 9.59 Å². The summed E-state index contributed by atoms with van der Waals surface area (Å²) in [5.41, 5.74) is 4.93. The molecular formula is C25H24N2O2. The van der Waals surface area contributed by atoms with E-state index < -0.39 is 0 Å². The Bertz CT molecular complexity index is 1010. The standard InChI is InChI=1S/C25H24N2O2/c1-18-11-13-20(14-12-18)23(15-24(28)26-16-19-7-3-2-4-8-19)27-17-21-9-5-6-10-22(21)25(27)29/h2-14,23H,15-17H2,1H3,(H,26,28). The van der Waals surface area contributed by atoms with Crippen LogP contribution in [0.5, 0.6) is 0 Å². The summed E-state index contributed by atoms with van der Waals surface area (Å²) in [6.45, 7) is 3.04. The molecule has 2 amide bonds. The Morgan fingerprint density at radius 2 is 1.66 bits per heavy atom. The van der Waals surface area contributed by atoms with Crippen molar-refractivity contribution in [2.75, 3.05) is 0 Å². The molecule has 0 saturated heterocycles. The summed E-state index contributed by atoms with van der Waals surface area (Å²) in [4.78, 5) is 27.6. The Balaban J connectivity index is 1.54. The second-order valence-corrected chi connectivity index (χ2v) is 7.48. The van der Waals surface area contributed by atoms with Gasteiger partial charge in [0, 0.05) is 18.7 Å². The molecule has 29 heavy (non-hydrogen) atoms. The molecule has 4 nitrogen and oxygen atoms in total. The number of nitrogens with zero attached hydrogens (tertiary/aromatic N) is 1. The lowest BCUT2D eigenvalue weighted by atomic mass is 10.00.